The lowest BCUT2D eigenvalue weighted by Gasteiger charge is -2.15. The third-order valence-corrected chi connectivity index (χ3v) is 4.04. The number of hydrogen-bond acceptors (Lipinski definition) is 2. The molecular weight excluding hydrogens is 294 g/mol. The molecule has 1 aliphatic rings. The number of halogens is 1. The smallest absolute Gasteiger partial charge is 0.224 e. The Bertz CT molecular complexity index is 396. The molecule has 1 aliphatic carbocycles. The number of benzene rings is 1. The summed E-state index contributed by atoms with van der Waals surface area (Å²) in [5.74, 6) is 0.667. The number of carbonyl (C=O) groups is 1. The summed E-state index contributed by atoms with van der Waals surface area (Å²) in [5, 5.41) is 3.74. The summed E-state index contributed by atoms with van der Waals surface area (Å²) in [7, 11) is 1.64. The molecule has 0 aliphatic heterocycles. The third kappa shape index (κ3) is 3.33. The molecule has 1 aromatic rings. The second kappa shape index (κ2) is 6.34. The highest BCUT2D eigenvalue weighted by atomic mass is 79.9. The Morgan fingerprint density at radius 3 is 2.83 bits per heavy atom. The minimum absolute atomic E-state index is 0.0551. The van der Waals surface area contributed by atoms with Crippen LogP contribution in [0.2, 0.25) is 0 Å². The monoisotopic (exact) mass is 311 g/mol. The molecule has 1 fully saturated rings. The number of alkyl halides is 1. The lowest BCUT2D eigenvalue weighted by atomic mass is 10.1. The van der Waals surface area contributed by atoms with Gasteiger partial charge in [-0.25, -0.2) is 0 Å². The maximum Gasteiger partial charge on any atom is 0.224 e. The Morgan fingerprint density at radius 2 is 2.22 bits per heavy atom. The van der Waals surface area contributed by atoms with Crippen molar-refractivity contribution in [1.82, 2.24) is 5.32 Å². The van der Waals surface area contributed by atoms with Crippen LogP contribution in [0.25, 0.3) is 0 Å². The van der Waals surface area contributed by atoms with Crippen molar-refractivity contribution >= 4 is 21.8 Å². The van der Waals surface area contributed by atoms with Crippen LogP contribution in [-0.2, 0) is 9.53 Å². The highest BCUT2D eigenvalue weighted by molar-refractivity contribution is 9.09. The SMILES string of the molecule is COCC(CBr)NC(=O)C1CC1c1ccccc1. The average molecular weight is 312 g/mol. The van der Waals surface area contributed by atoms with Crippen LogP contribution < -0.4 is 5.32 Å². The van der Waals surface area contributed by atoms with Crippen LogP contribution in [0.15, 0.2) is 30.3 Å². The second-order valence-corrected chi connectivity index (χ2v) is 5.32. The van der Waals surface area contributed by atoms with Crippen LogP contribution in [0.4, 0.5) is 0 Å². The van der Waals surface area contributed by atoms with Gasteiger partial charge in [0.1, 0.15) is 0 Å². The van der Waals surface area contributed by atoms with Crippen molar-refractivity contribution in [1.29, 1.82) is 0 Å². The summed E-state index contributed by atoms with van der Waals surface area (Å²) in [6, 6.07) is 10.3. The molecule has 3 atom stereocenters. The van der Waals surface area contributed by atoms with Gasteiger partial charge in [-0.05, 0) is 17.9 Å². The van der Waals surface area contributed by atoms with E-state index in [1.807, 2.05) is 18.2 Å². The number of ether oxygens (including phenoxy) is 1. The third-order valence-electron chi connectivity index (χ3n) is 3.26. The first kappa shape index (κ1) is 13.6. The van der Waals surface area contributed by atoms with Gasteiger partial charge in [0.25, 0.3) is 0 Å². The molecule has 98 valence electrons. The van der Waals surface area contributed by atoms with Crippen molar-refractivity contribution in [3.8, 4) is 0 Å². The van der Waals surface area contributed by atoms with E-state index in [4.69, 9.17) is 4.74 Å². The zero-order valence-electron chi connectivity index (χ0n) is 10.4. The van der Waals surface area contributed by atoms with Gasteiger partial charge in [0.15, 0.2) is 0 Å². The Kier molecular flexibility index (Phi) is 4.78. The number of methoxy groups -OCH3 is 1. The molecule has 1 saturated carbocycles. The molecule has 0 aromatic heterocycles. The van der Waals surface area contributed by atoms with Gasteiger partial charge in [-0.3, -0.25) is 4.79 Å². The number of carbonyl (C=O) groups excluding carboxylic acids is 1. The molecule has 2 rings (SSSR count). The van der Waals surface area contributed by atoms with Gasteiger partial charge in [-0.2, -0.15) is 0 Å². The minimum atomic E-state index is 0.0551. The van der Waals surface area contributed by atoms with Gasteiger partial charge in [-0.1, -0.05) is 46.3 Å². The molecule has 1 aromatic carbocycles. The second-order valence-electron chi connectivity index (χ2n) is 4.67. The fourth-order valence-electron chi connectivity index (χ4n) is 2.19. The van der Waals surface area contributed by atoms with E-state index in [2.05, 4.69) is 33.4 Å². The maximum atomic E-state index is 12.0. The van der Waals surface area contributed by atoms with Gasteiger partial charge < -0.3 is 10.1 Å². The van der Waals surface area contributed by atoms with E-state index in [9.17, 15) is 4.79 Å². The standard InChI is InChI=1S/C14H18BrNO2/c1-18-9-11(8-15)16-14(17)13-7-12(13)10-5-3-2-4-6-10/h2-6,11-13H,7-9H2,1H3,(H,16,17). The van der Waals surface area contributed by atoms with Gasteiger partial charge in [0, 0.05) is 18.4 Å². The predicted octanol–water partition coefficient (Wildman–Crippen LogP) is 2.32. The van der Waals surface area contributed by atoms with Crippen LogP contribution in [-0.4, -0.2) is 31.0 Å². The quantitative estimate of drug-likeness (QED) is 0.819. The fourth-order valence-corrected chi connectivity index (χ4v) is 2.54. The number of amides is 1. The molecule has 0 heterocycles. The van der Waals surface area contributed by atoms with Crippen molar-refractivity contribution in [3.63, 3.8) is 0 Å². The van der Waals surface area contributed by atoms with Crippen LogP contribution in [0, 0.1) is 5.92 Å². The molecule has 1 N–H and O–H groups in total. The van der Waals surface area contributed by atoms with Crippen LogP contribution in [0.1, 0.15) is 17.9 Å². The number of hydrogen-bond donors (Lipinski definition) is 1. The molecule has 0 radical (unpaired) electrons. The van der Waals surface area contributed by atoms with E-state index < -0.39 is 0 Å². The fraction of sp³-hybridized carbons (Fsp3) is 0.500. The predicted molar refractivity (Wildman–Crippen MR) is 74.9 cm³/mol. The molecule has 4 heteroatoms. The molecule has 1 amide bonds. The van der Waals surface area contributed by atoms with Gasteiger partial charge >= 0.3 is 0 Å². The lowest BCUT2D eigenvalue weighted by molar-refractivity contribution is -0.123. The Balaban J connectivity index is 1.86. The first-order valence-electron chi connectivity index (χ1n) is 6.16. The van der Waals surface area contributed by atoms with Crippen molar-refractivity contribution < 1.29 is 9.53 Å². The van der Waals surface area contributed by atoms with E-state index in [1.165, 1.54) is 5.56 Å². The van der Waals surface area contributed by atoms with Crippen molar-refractivity contribution in [2.75, 3.05) is 19.0 Å². The molecule has 3 nitrogen and oxygen atoms in total. The number of nitrogens with one attached hydrogen (secondary N) is 1. The van der Waals surface area contributed by atoms with E-state index in [0.717, 1.165) is 11.8 Å². The van der Waals surface area contributed by atoms with Crippen LogP contribution in [0.3, 0.4) is 0 Å². The molecule has 0 spiro atoms. The summed E-state index contributed by atoms with van der Waals surface area (Å²) in [4.78, 5) is 12.0. The summed E-state index contributed by atoms with van der Waals surface area (Å²) in [6.45, 7) is 0.541. The zero-order valence-corrected chi connectivity index (χ0v) is 12.0. The lowest BCUT2D eigenvalue weighted by Crippen LogP contribution is -2.40. The molecule has 18 heavy (non-hydrogen) atoms. The summed E-state index contributed by atoms with van der Waals surface area (Å²) in [6.07, 6.45) is 0.956. The number of rotatable bonds is 6. The molecule has 0 saturated heterocycles. The van der Waals surface area contributed by atoms with E-state index >= 15 is 0 Å². The van der Waals surface area contributed by atoms with Crippen LogP contribution >= 0.6 is 15.9 Å². The topological polar surface area (TPSA) is 38.3 Å². The Hall–Kier alpha value is -0.870. The highest BCUT2D eigenvalue weighted by Gasteiger charge is 2.44. The minimum Gasteiger partial charge on any atom is -0.383 e. The van der Waals surface area contributed by atoms with Crippen molar-refractivity contribution in [2.45, 2.75) is 18.4 Å². The van der Waals surface area contributed by atoms with Crippen molar-refractivity contribution in [3.05, 3.63) is 35.9 Å². The van der Waals surface area contributed by atoms with E-state index in [1.54, 1.807) is 7.11 Å². The van der Waals surface area contributed by atoms with E-state index in [0.29, 0.717) is 12.5 Å². The Labute approximate surface area is 116 Å². The summed E-state index contributed by atoms with van der Waals surface area (Å²) >= 11 is 3.38. The zero-order chi connectivity index (χ0) is 13.0. The summed E-state index contributed by atoms with van der Waals surface area (Å²) < 4.78 is 5.06. The molecule has 0 bridgehead atoms. The van der Waals surface area contributed by atoms with Gasteiger partial charge in [-0.15, -0.1) is 0 Å². The Morgan fingerprint density at radius 1 is 1.50 bits per heavy atom. The van der Waals surface area contributed by atoms with Gasteiger partial charge in [0.05, 0.1) is 12.6 Å². The maximum absolute atomic E-state index is 12.0. The van der Waals surface area contributed by atoms with Crippen molar-refractivity contribution in [2.24, 2.45) is 5.92 Å². The average Bonchev–Trinajstić information content (AvgIpc) is 3.19. The van der Waals surface area contributed by atoms with Crippen LogP contribution in [0.5, 0.6) is 0 Å². The largest absolute Gasteiger partial charge is 0.383 e. The van der Waals surface area contributed by atoms with Gasteiger partial charge in [0.2, 0.25) is 5.91 Å². The first-order chi connectivity index (χ1) is 8.76. The molecule has 3 unspecified atom stereocenters. The molecular formula is C14H18BrNO2. The van der Waals surface area contributed by atoms with E-state index in [-0.39, 0.29) is 17.9 Å². The first-order valence-corrected chi connectivity index (χ1v) is 7.28. The highest BCUT2D eigenvalue weighted by Crippen LogP contribution is 2.47. The normalized spacial score (nSPS) is 23.4. The summed E-state index contributed by atoms with van der Waals surface area (Å²) in [5.41, 5.74) is 1.26.